The van der Waals surface area contributed by atoms with Crippen LogP contribution in [-0.4, -0.2) is 33.7 Å². The lowest BCUT2D eigenvalue weighted by molar-refractivity contribution is -0.0492. The number of imidazole rings is 1. The summed E-state index contributed by atoms with van der Waals surface area (Å²) in [6.45, 7) is 0.0395. The minimum atomic E-state index is -3.11. The molecular formula is C13H17F2N3O. The third-order valence-electron chi connectivity index (χ3n) is 3.11. The maximum Gasteiger partial charge on any atom is 0.282 e. The van der Waals surface area contributed by atoms with E-state index >= 15 is 0 Å². The monoisotopic (exact) mass is 269 g/mol. The first-order valence-electron chi connectivity index (χ1n) is 6.08. The lowest BCUT2D eigenvalue weighted by Gasteiger charge is -2.18. The maximum atomic E-state index is 13.0. The first kappa shape index (κ1) is 13.9. The normalized spacial score (nSPS) is 13.9. The minimum absolute atomic E-state index is 0.324. The average molecular weight is 269 g/mol. The summed E-state index contributed by atoms with van der Waals surface area (Å²) in [4.78, 5) is 4.43. The molecule has 0 aliphatic carbocycles. The molecule has 1 unspecified atom stereocenters. The first-order chi connectivity index (χ1) is 8.94. The Kier molecular flexibility index (Phi) is 3.82. The number of halogens is 2. The highest BCUT2D eigenvalue weighted by atomic mass is 19.3. The van der Waals surface area contributed by atoms with Gasteiger partial charge in [-0.1, -0.05) is 12.1 Å². The fourth-order valence-corrected chi connectivity index (χ4v) is 2.00. The molecule has 0 aliphatic heterocycles. The molecule has 2 N–H and O–H groups in total. The van der Waals surface area contributed by atoms with Gasteiger partial charge in [-0.3, -0.25) is 0 Å². The Balaban J connectivity index is 2.17. The number of aryl methyl sites for hydroxylation is 1. The Morgan fingerprint density at radius 1 is 1.42 bits per heavy atom. The number of rotatable bonds is 5. The number of hydrogen-bond donors (Lipinski definition) is 2. The molecule has 19 heavy (non-hydrogen) atoms. The van der Waals surface area contributed by atoms with Gasteiger partial charge in [0.05, 0.1) is 23.6 Å². The molecule has 2 rings (SSSR count). The van der Waals surface area contributed by atoms with Gasteiger partial charge in [0.25, 0.3) is 5.92 Å². The fraction of sp³-hybridized carbons (Fsp3) is 0.462. The second kappa shape index (κ2) is 5.22. The summed E-state index contributed by atoms with van der Waals surface area (Å²) < 4.78 is 27.9. The van der Waals surface area contributed by atoms with Gasteiger partial charge in [-0.05, 0) is 19.1 Å². The Morgan fingerprint density at radius 2 is 2.11 bits per heavy atom. The van der Waals surface area contributed by atoms with Crippen molar-refractivity contribution in [3.05, 3.63) is 30.1 Å². The van der Waals surface area contributed by atoms with E-state index in [1.807, 2.05) is 35.9 Å². The number of aliphatic hydroxyl groups is 1. The summed E-state index contributed by atoms with van der Waals surface area (Å²) in [5.41, 5.74) is 1.79. The van der Waals surface area contributed by atoms with Crippen molar-refractivity contribution in [3.63, 3.8) is 0 Å². The molecule has 2 aromatic rings. The molecule has 0 bridgehead atoms. The van der Waals surface area contributed by atoms with Crippen molar-refractivity contribution in [2.45, 2.75) is 18.9 Å². The zero-order chi connectivity index (χ0) is 14.0. The molecule has 1 atom stereocenters. The van der Waals surface area contributed by atoms with Crippen LogP contribution in [0.4, 0.5) is 8.78 Å². The van der Waals surface area contributed by atoms with Crippen LogP contribution < -0.4 is 5.32 Å². The van der Waals surface area contributed by atoms with Crippen molar-refractivity contribution in [2.24, 2.45) is 7.05 Å². The molecule has 6 heteroatoms. The quantitative estimate of drug-likeness (QED) is 0.871. The second-order valence-electron chi connectivity index (χ2n) is 4.63. The molecule has 0 amide bonds. The largest absolute Gasteiger partial charge is 0.390 e. The van der Waals surface area contributed by atoms with Gasteiger partial charge < -0.3 is 15.0 Å². The van der Waals surface area contributed by atoms with Gasteiger partial charge in [-0.15, -0.1) is 0 Å². The molecule has 0 radical (unpaired) electrons. The Hall–Kier alpha value is -1.53. The topological polar surface area (TPSA) is 50.1 Å². The van der Waals surface area contributed by atoms with Crippen LogP contribution in [0.1, 0.15) is 18.8 Å². The summed E-state index contributed by atoms with van der Waals surface area (Å²) >= 11 is 0. The van der Waals surface area contributed by atoms with Crippen LogP contribution in [0.2, 0.25) is 0 Å². The van der Waals surface area contributed by atoms with E-state index < -0.39 is 19.1 Å². The van der Waals surface area contributed by atoms with Gasteiger partial charge >= 0.3 is 0 Å². The Morgan fingerprint density at radius 3 is 2.74 bits per heavy atom. The Bertz CT molecular complexity index is 568. The van der Waals surface area contributed by atoms with Crippen LogP contribution >= 0.6 is 0 Å². The lowest BCUT2D eigenvalue weighted by atomic mass is 10.2. The van der Waals surface area contributed by atoms with Gasteiger partial charge in [-0.2, -0.15) is 0 Å². The van der Waals surface area contributed by atoms with E-state index in [9.17, 15) is 8.78 Å². The molecule has 1 aromatic carbocycles. The van der Waals surface area contributed by atoms with E-state index in [-0.39, 0.29) is 6.04 Å². The first-order valence-corrected chi connectivity index (χ1v) is 6.08. The summed E-state index contributed by atoms with van der Waals surface area (Å²) in [6.07, 6.45) is 0. The minimum Gasteiger partial charge on any atom is -0.390 e. The highest BCUT2D eigenvalue weighted by Gasteiger charge is 2.28. The Labute approximate surface area is 110 Å². The van der Waals surface area contributed by atoms with Crippen molar-refractivity contribution >= 4 is 11.0 Å². The highest BCUT2D eigenvalue weighted by molar-refractivity contribution is 5.75. The molecule has 0 saturated carbocycles. The van der Waals surface area contributed by atoms with Crippen LogP contribution in [0.3, 0.4) is 0 Å². The number of nitrogens with zero attached hydrogens (tertiary/aromatic N) is 2. The molecule has 104 valence electrons. The highest BCUT2D eigenvalue weighted by Crippen LogP contribution is 2.20. The maximum absolute atomic E-state index is 13.0. The number of benzene rings is 1. The predicted molar refractivity (Wildman–Crippen MR) is 69.2 cm³/mol. The fourth-order valence-electron chi connectivity index (χ4n) is 2.00. The molecule has 0 aliphatic rings. The zero-order valence-electron chi connectivity index (χ0n) is 10.9. The van der Waals surface area contributed by atoms with Crippen LogP contribution in [0, 0.1) is 0 Å². The van der Waals surface area contributed by atoms with Crippen molar-refractivity contribution in [3.8, 4) is 0 Å². The van der Waals surface area contributed by atoms with Crippen molar-refractivity contribution < 1.29 is 13.9 Å². The van der Waals surface area contributed by atoms with E-state index in [0.29, 0.717) is 5.82 Å². The number of fused-ring (bicyclic) bond motifs is 1. The number of para-hydroxylation sites is 2. The lowest BCUT2D eigenvalue weighted by Crippen LogP contribution is -2.37. The van der Waals surface area contributed by atoms with Gasteiger partial charge in [0, 0.05) is 7.05 Å². The van der Waals surface area contributed by atoms with Crippen molar-refractivity contribution in [1.82, 2.24) is 14.9 Å². The average Bonchev–Trinajstić information content (AvgIpc) is 2.74. The number of alkyl halides is 2. The van der Waals surface area contributed by atoms with E-state index in [1.165, 1.54) is 0 Å². The van der Waals surface area contributed by atoms with Crippen LogP contribution in [0.25, 0.3) is 11.0 Å². The molecular weight excluding hydrogens is 252 g/mol. The van der Waals surface area contributed by atoms with E-state index in [0.717, 1.165) is 11.0 Å². The van der Waals surface area contributed by atoms with Crippen LogP contribution in [-0.2, 0) is 7.05 Å². The molecule has 0 saturated heterocycles. The molecule has 0 fully saturated rings. The van der Waals surface area contributed by atoms with Crippen molar-refractivity contribution in [1.29, 1.82) is 0 Å². The van der Waals surface area contributed by atoms with Gasteiger partial charge in [-0.25, -0.2) is 13.8 Å². The summed E-state index contributed by atoms with van der Waals surface area (Å²) in [6, 6.07) is 7.28. The smallest absolute Gasteiger partial charge is 0.282 e. The number of hydrogen-bond acceptors (Lipinski definition) is 3. The SMILES string of the molecule is CC(NCC(F)(F)CO)c1nc2ccccc2n1C. The van der Waals surface area contributed by atoms with Gasteiger partial charge in [0.15, 0.2) is 0 Å². The molecule has 0 spiro atoms. The van der Waals surface area contributed by atoms with E-state index in [2.05, 4.69) is 10.3 Å². The predicted octanol–water partition coefficient (Wildman–Crippen LogP) is 1.85. The standard InChI is InChI=1S/C13H17F2N3O/c1-9(16-7-13(14,15)8-19)12-17-10-5-3-4-6-11(10)18(12)2/h3-6,9,16,19H,7-8H2,1-2H3. The summed E-state index contributed by atoms with van der Waals surface area (Å²) in [5.74, 6) is -2.42. The third kappa shape index (κ3) is 2.90. The third-order valence-corrected chi connectivity index (χ3v) is 3.11. The summed E-state index contributed by atoms with van der Waals surface area (Å²) in [5, 5.41) is 11.2. The summed E-state index contributed by atoms with van der Waals surface area (Å²) in [7, 11) is 1.85. The van der Waals surface area contributed by atoms with Gasteiger partial charge in [0.2, 0.25) is 0 Å². The van der Waals surface area contributed by atoms with Gasteiger partial charge in [0.1, 0.15) is 12.4 Å². The molecule has 4 nitrogen and oxygen atoms in total. The second-order valence-corrected chi connectivity index (χ2v) is 4.63. The van der Waals surface area contributed by atoms with Crippen molar-refractivity contribution in [2.75, 3.05) is 13.2 Å². The number of aliphatic hydroxyl groups excluding tert-OH is 1. The van der Waals surface area contributed by atoms with E-state index in [4.69, 9.17) is 5.11 Å². The molecule has 1 heterocycles. The molecule has 1 aromatic heterocycles. The number of aromatic nitrogens is 2. The number of nitrogens with one attached hydrogen (secondary N) is 1. The van der Waals surface area contributed by atoms with Crippen LogP contribution in [0.15, 0.2) is 24.3 Å². The van der Waals surface area contributed by atoms with E-state index in [1.54, 1.807) is 6.92 Å². The zero-order valence-corrected chi connectivity index (χ0v) is 10.9. The van der Waals surface area contributed by atoms with Crippen LogP contribution in [0.5, 0.6) is 0 Å².